The molecular weight excluding hydrogens is 332 g/mol. The molecule has 1 aromatic rings. The molecule has 7 heteroatoms. The Labute approximate surface area is 155 Å². The van der Waals surface area contributed by atoms with Crippen LogP contribution in [0.1, 0.15) is 63.5 Å². The molecule has 0 aliphatic carbocycles. The van der Waals surface area contributed by atoms with Gasteiger partial charge < -0.3 is 14.5 Å². The van der Waals surface area contributed by atoms with E-state index in [9.17, 15) is 9.59 Å². The summed E-state index contributed by atoms with van der Waals surface area (Å²) in [6.07, 6.45) is 2.38. The van der Waals surface area contributed by atoms with E-state index in [1.54, 1.807) is 11.8 Å². The lowest BCUT2D eigenvalue weighted by atomic mass is 10.0. The van der Waals surface area contributed by atoms with Gasteiger partial charge in [0.05, 0.1) is 11.7 Å². The summed E-state index contributed by atoms with van der Waals surface area (Å²) in [5.74, 6) is 0.119. The van der Waals surface area contributed by atoms with Crippen molar-refractivity contribution >= 4 is 12.0 Å². The maximum absolute atomic E-state index is 12.2. The third-order valence-electron chi connectivity index (χ3n) is 5.19. The van der Waals surface area contributed by atoms with Crippen molar-refractivity contribution < 1.29 is 14.3 Å². The highest BCUT2D eigenvalue weighted by Gasteiger charge is 2.31. The zero-order valence-corrected chi connectivity index (χ0v) is 16.5. The summed E-state index contributed by atoms with van der Waals surface area (Å²) >= 11 is 0. The molecule has 1 saturated heterocycles. The van der Waals surface area contributed by atoms with E-state index in [2.05, 4.69) is 4.68 Å². The fourth-order valence-corrected chi connectivity index (χ4v) is 3.80. The summed E-state index contributed by atoms with van der Waals surface area (Å²) in [6, 6.07) is 0.306. The number of nitrogens with zero attached hydrogens (tertiary/aromatic N) is 4. The number of likely N-dealkylation sites (tertiary alicyclic amines) is 1. The lowest BCUT2D eigenvalue weighted by molar-refractivity contribution is -0.129. The van der Waals surface area contributed by atoms with E-state index in [4.69, 9.17) is 9.84 Å². The lowest BCUT2D eigenvalue weighted by Gasteiger charge is -2.34. The molecule has 0 bridgehead atoms. The van der Waals surface area contributed by atoms with Gasteiger partial charge in [-0.25, -0.2) is 4.79 Å². The molecule has 7 nitrogen and oxygen atoms in total. The highest BCUT2D eigenvalue weighted by atomic mass is 16.6. The molecule has 0 spiro atoms. The number of hydrogen-bond acceptors (Lipinski definition) is 4. The zero-order chi connectivity index (χ0) is 19.1. The molecule has 2 amide bonds. The van der Waals surface area contributed by atoms with E-state index in [-0.39, 0.29) is 12.0 Å². The summed E-state index contributed by atoms with van der Waals surface area (Å²) in [7, 11) is 0. The normalized spacial score (nSPS) is 18.7. The SMILES string of the molecule is CC(=O)N1CCc2c(c(C)nn2C2CCN(C(=O)OC(C)(C)C)CC2)C1. The van der Waals surface area contributed by atoms with Crippen LogP contribution in [0.5, 0.6) is 0 Å². The minimum Gasteiger partial charge on any atom is -0.444 e. The molecule has 0 unspecified atom stereocenters. The smallest absolute Gasteiger partial charge is 0.410 e. The largest absolute Gasteiger partial charge is 0.444 e. The Hall–Kier alpha value is -2.05. The van der Waals surface area contributed by atoms with Crippen LogP contribution in [0.25, 0.3) is 0 Å². The predicted octanol–water partition coefficient (Wildman–Crippen LogP) is 2.67. The number of ether oxygens (including phenoxy) is 1. The molecule has 0 radical (unpaired) electrons. The van der Waals surface area contributed by atoms with Crippen LogP contribution in [0.15, 0.2) is 0 Å². The molecular formula is C19H30N4O3. The highest BCUT2D eigenvalue weighted by molar-refractivity contribution is 5.73. The van der Waals surface area contributed by atoms with E-state index >= 15 is 0 Å². The van der Waals surface area contributed by atoms with Crippen molar-refractivity contribution in [1.82, 2.24) is 19.6 Å². The molecule has 0 N–H and O–H groups in total. The Morgan fingerprint density at radius 1 is 1.12 bits per heavy atom. The van der Waals surface area contributed by atoms with Crippen LogP contribution in [0.4, 0.5) is 4.79 Å². The molecule has 144 valence electrons. The topological polar surface area (TPSA) is 67.7 Å². The number of amides is 2. The first-order valence-electron chi connectivity index (χ1n) is 9.46. The van der Waals surface area contributed by atoms with E-state index < -0.39 is 5.60 Å². The maximum Gasteiger partial charge on any atom is 0.410 e. The molecule has 0 saturated carbocycles. The van der Waals surface area contributed by atoms with Crippen molar-refractivity contribution in [2.75, 3.05) is 19.6 Å². The molecule has 26 heavy (non-hydrogen) atoms. The van der Waals surface area contributed by atoms with Gasteiger partial charge in [0.1, 0.15) is 5.60 Å². The summed E-state index contributed by atoms with van der Waals surface area (Å²) in [6.45, 7) is 12.1. The third-order valence-corrected chi connectivity index (χ3v) is 5.19. The lowest BCUT2D eigenvalue weighted by Crippen LogP contribution is -2.42. The molecule has 0 aromatic carbocycles. The van der Waals surface area contributed by atoms with Crippen LogP contribution in [-0.4, -0.2) is 56.8 Å². The molecule has 0 atom stereocenters. The fourth-order valence-electron chi connectivity index (χ4n) is 3.80. The van der Waals surface area contributed by atoms with Crippen molar-refractivity contribution in [2.24, 2.45) is 0 Å². The molecule has 3 heterocycles. The van der Waals surface area contributed by atoms with Crippen LogP contribution in [0.3, 0.4) is 0 Å². The molecule has 3 rings (SSSR count). The monoisotopic (exact) mass is 362 g/mol. The van der Waals surface area contributed by atoms with Gasteiger partial charge in [-0.3, -0.25) is 9.48 Å². The summed E-state index contributed by atoms with van der Waals surface area (Å²) in [5.41, 5.74) is 3.01. The molecule has 1 fully saturated rings. The van der Waals surface area contributed by atoms with Crippen LogP contribution in [0, 0.1) is 6.92 Å². The molecule has 2 aliphatic heterocycles. The van der Waals surface area contributed by atoms with Crippen molar-refractivity contribution in [3.05, 3.63) is 17.0 Å². The average Bonchev–Trinajstić information content (AvgIpc) is 2.90. The quantitative estimate of drug-likeness (QED) is 0.770. The van der Waals surface area contributed by atoms with Gasteiger partial charge in [-0.05, 0) is 40.5 Å². The van der Waals surface area contributed by atoms with E-state index in [0.717, 1.165) is 31.5 Å². The van der Waals surface area contributed by atoms with Gasteiger partial charge in [-0.15, -0.1) is 0 Å². The number of piperidine rings is 1. The number of carbonyl (C=O) groups is 2. The second-order valence-electron chi connectivity index (χ2n) is 8.34. The van der Waals surface area contributed by atoms with Crippen molar-refractivity contribution in [3.8, 4) is 0 Å². The van der Waals surface area contributed by atoms with E-state index in [1.165, 1.54) is 11.3 Å². The summed E-state index contributed by atoms with van der Waals surface area (Å²) < 4.78 is 7.64. The second kappa shape index (κ2) is 6.93. The average molecular weight is 362 g/mol. The first kappa shape index (κ1) is 18.7. The van der Waals surface area contributed by atoms with Gasteiger partial charge in [-0.1, -0.05) is 0 Å². The third kappa shape index (κ3) is 3.86. The van der Waals surface area contributed by atoms with Gasteiger partial charge in [-0.2, -0.15) is 5.10 Å². The molecule has 1 aromatic heterocycles. The maximum atomic E-state index is 12.2. The number of aryl methyl sites for hydroxylation is 1. The second-order valence-corrected chi connectivity index (χ2v) is 8.34. The first-order chi connectivity index (χ1) is 12.2. The minimum absolute atomic E-state index is 0.119. The van der Waals surface area contributed by atoms with Crippen molar-refractivity contribution in [3.63, 3.8) is 0 Å². The highest BCUT2D eigenvalue weighted by Crippen LogP contribution is 2.30. The summed E-state index contributed by atoms with van der Waals surface area (Å²) in [5, 5.41) is 4.78. The van der Waals surface area contributed by atoms with Crippen LogP contribution in [-0.2, 0) is 22.5 Å². The van der Waals surface area contributed by atoms with Gasteiger partial charge in [0.2, 0.25) is 5.91 Å². The Bertz CT molecular complexity index is 696. The van der Waals surface area contributed by atoms with Gasteiger partial charge in [0.25, 0.3) is 0 Å². The Balaban J connectivity index is 1.67. The number of aromatic nitrogens is 2. The van der Waals surface area contributed by atoms with Crippen LogP contribution < -0.4 is 0 Å². The minimum atomic E-state index is -0.464. The van der Waals surface area contributed by atoms with Crippen molar-refractivity contribution in [1.29, 1.82) is 0 Å². The van der Waals surface area contributed by atoms with Crippen LogP contribution in [0.2, 0.25) is 0 Å². The van der Waals surface area contributed by atoms with Gasteiger partial charge in [0.15, 0.2) is 0 Å². The molecule has 2 aliphatic rings. The van der Waals surface area contributed by atoms with Gasteiger partial charge in [0, 0.05) is 50.8 Å². The van der Waals surface area contributed by atoms with E-state index in [1.807, 2.05) is 32.6 Å². The predicted molar refractivity (Wildman–Crippen MR) is 97.8 cm³/mol. The van der Waals surface area contributed by atoms with Crippen LogP contribution >= 0.6 is 0 Å². The Morgan fingerprint density at radius 2 is 1.77 bits per heavy atom. The first-order valence-corrected chi connectivity index (χ1v) is 9.46. The summed E-state index contributed by atoms with van der Waals surface area (Å²) in [4.78, 5) is 27.6. The number of hydrogen-bond donors (Lipinski definition) is 0. The standard InChI is InChI=1S/C19H30N4O3/c1-13-16-12-22(14(2)24)11-8-17(16)23(20-13)15-6-9-21(10-7-15)18(25)26-19(3,4)5/h15H,6-12H2,1-5H3. The van der Waals surface area contributed by atoms with Gasteiger partial charge >= 0.3 is 6.09 Å². The fraction of sp³-hybridized carbons (Fsp3) is 0.737. The number of rotatable bonds is 1. The number of carbonyl (C=O) groups excluding carboxylic acids is 2. The zero-order valence-electron chi connectivity index (χ0n) is 16.5. The van der Waals surface area contributed by atoms with E-state index in [0.29, 0.717) is 25.7 Å². The van der Waals surface area contributed by atoms with Crippen molar-refractivity contribution in [2.45, 2.75) is 72.1 Å². The number of fused-ring (bicyclic) bond motifs is 1. The Morgan fingerprint density at radius 3 is 2.35 bits per heavy atom. The Kier molecular flexibility index (Phi) is 4.99.